The van der Waals surface area contributed by atoms with Gasteiger partial charge in [-0.3, -0.25) is 0 Å². The molecule has 2 N–H and O–H groups in total. The molecule has 6 heteroatoms. The predicted octanol–water partition coefficient (Wildman–Crippen LogP) is 1.25. The zero-order valence-corrected chi connectivity index (χ0v) is 10.9. The van der Waals surface area contributed by atoms with Crippen LogP contribution in [0.5, 0.6) is 0 Å². The molecule has 0 aliphatic heterocycles. The highest BCUT2D eigenvalue weighted by Gasteiger charge is 2.17. The van der Waals surface area contributed by atoms with Gasteiger partial charge in [-0.05, 0) is 19.1 Å². The van der Waals surface area contributed by atoms with Gasteiger partial charge in [-0.15, -0.1) is 0 Å². The van der Waals surface area contributed by atoms with Gasteiger partial charge in [0.05, 0.1) is 16.3 Å². The van der Waals surface area contributed by atoms with Crippen LogP contribution in [0.1, 0.15) is 5.82 Å². The number of nitrogens with zero attached hydrogens (tertiary/aromatic N) is 2. The Morgan fingerprint density at radius 2 is 2.06 bits per heavy atom. The minimum Gasteiger partial charge on any atom is -0.398 e. The molecule has 5 nitrogen and oxygen atoms in total. The maximum atomic E-state index is 12.1. The van der Waals surface area contributed by atoms with Crippen molar-refractivity contribution >= 4 is 15.5 Å². The summed E-state index contributed by atoms with van der Waals surface area (Å²) < 4.78 is 26.1. The zero-order chi connectivity index (χ0) is 13.2. The number of rotatable bonds is 4. The van der Waals surface area contributed by atoms with Crippen LogP contribution in [0, 0.1) is 6.92 Å². The van der Waals surface area contributed by atoms with E-state index in [4.69, 9.17) is 5.73 Å². The molecule has 96 valence electrons. The number of aryl methyl sites for hydroxylation is 2. The Bertz CT molecular complexity index is 647. The zero-order valence-electron chi connectivity index (χ0n) is 10.1. The van der Waals surface area contributed by atoms with E-state index in [-0.39, 0.29) is 10.6 Å². The van der Waals surface area contributed by atoms with E-state index in [0.29, 0.717) is 12.2 Å². The van der Waals surface area contributed by atoms with Crippen LogP contribution in [0.2, 0.25) is 0 Å². The first kappa shape index (κ1) is 12.6. The molecule has 0 amide bonds. The molecule has 1 aromatic heterocycles. The lowest BCUT2D eigenvalue weighted by molar-refractivity contribution is 0.588. The Kier molecular flexibility index (Phi) is 3.38. The van der Waals surface area contributed by atoms with E-state index in [9.17, 15) is 8.42 Å². The van der Waals surface area contributed by atoms with Crippen LogP contribution in [0.15, 0.2) is 41.6 Å². The smallest absolute Gasteiger partial charge is 0.182 e. The Morgan fingerprint density at radius 1 is 1.33 bits per heavy atom. The van der Waals surface area contributed by atoms with Gasteiger partial charge >= 0.3 is 0 Å². The van der Waals surface area contributed by atoms with Gasteiger partial charge in [-0.25, -0.2) is 13.4 Å². The average Bonchev–Trinajstić information content (AvgIpc) is 2.73. The molecule has 2 aromatic rings. The maximum Gasteiger partial charge on any atom is 0.182 e. The number of benzene rings is 1. The molecule has 0 spiro atoms. The highest BCUT2D eigenvalue weighted by atomic mass is 32.2. The molecule has 0 bridgehead atoms. The van der Waals surface area contributed by atoms with Crippen molar-refractivity contribution in [1.29, 1.82) is 0 Å². The SMILES string of the molecule is Cc1nccn1CCS(=O)(=O)c1ccccc1N. The van der Waals surface area contributed by atoms with Gasteiger partial charge in [0, 0.05) is 18.9 Å². The topological polar surface area (TPSA) is 78.0 Å². The van der Waals surface area contributed by atoms with Crippen LogP contribution in [-0.2, 0) is 16.4 Å². The van der Waals surface area contributed by atoms with E-state index in [2.05, 4.69) is 4.98 Å². The normalized spacial score (nSPS) is 11.6. The van der Waals surface area contributed by atoms with E-state index in [1.165, 1.54) is 6.07 Å². The molecule has 1 aromatic carbocycles. The molecular weight excluding hydrogens is 250 g/mol. The number of hydrogen-bond donors (Lipinski definition) is 1. The van der Waals surface area contributed by atoms with Crippen LogP contribution in [-0.4, -0.2) is 23.7 Å². The summed E-state index contributed by atoms with van der Waals surface area (Å²) in [6, 6.07) is 6.51. The van der Waals surface area contributed by atoms with Crippen molar-refractivity contribution < 1.29 is 8.42 Å². The lowest BCUT2D eigenvalue weighted by atomic mass is 10.3. The fourth-order valence-electron chi connectivity index (χ4n) is 1.73. The molecule has 18 heavy (non-hydrogen) atoms. The Labute approximate surface area is 106 Å². The fraction of sp³-hybridized carbons (Fsp3) is 0.250. The number of nitrogen functional groups attached to an aromatic ring is 1. The van der Waals surface area contributed by atoms with Crippen LogP contribution < -0.4 is 5.73 Å². The Balaban J connectivity index is 2.19. The number of hydrogen-bond acceptors (Lipinski definition) is 4. The van der Waals surface area contributed by atoms with Crippen molar-refractivity contribution in [3.05, 3.63) is 42.5 Å². The van der Waals surface area contributed by atoms with Gasteiger partial charge in [0.25, 0.3) is 0 Å². The van der Waals surface area contributed by atoms with Gasteiger partial charge in [-0.2, -0.15) is 0 Å². The quantitative estimate of drug-likeness (QED) is 0.844. The lowest BCUT2D eigenvalue weighted by Crippen LogP contribution is -2.15. The van der Waals surface area contributed by atoms with Crippen molar-refractivity contribution in [2.24, 2.45) is 0 Å². The third-order valence-electron chi connectivity index (χ3n) is 2.78. The van der Waals surface area contributed by atoms with Crippen LogP contribution in [0.3, 0.4) is 0 Å². The Morgan fingerprint density at radius 3 is 2.67 bits per heavy atom. The molecule has 0 unspecified atom stereocenters. The number of para-hydroxylation sites is 1. The van der Waals surface area contributed by atoms with Crippen LogP contribution in [0.4, 0.5) is 5.69 Å². The number of aromatic nitrogens is 2. The molecule has 0 saturated carbocycles. The third-order valence-corrected chi connectivity index (χ3v) is 4.54. The summed E-state index contributed by atoms with van der Waals surface area (Å²) in [5.74, 6) is 0.810. The number of imidazole rings is 1. The summed E-state index contributed by atoms with van der Waals surface area (Å²) >= 11 is 0. The maximum absolute atomic E-state index is 12.1. The first-order valence-corrected chi connectivity index (χ1v) is 7.21. The summed E-state index contributed by atoms with van der Waals surface area (Å²) in [4.78, 5) is 4.25. The van der Waals surface area contributed by atoms with Crippen molar-refractivity contribution in [1.82, 2.24) is 9.55 Å². The van der Waals surface area contributed by atoms with E-state index >= 15 is 0 Å². The fourth-order valence-corrected chi connectivity index (χ4v) is 3.10. The summed E-state index contributed by atoms with van der Waals surface area (Å²) in [6.07, 6.45) is 3.41. The van der Waals surface area contributed by atoms with Gasteiger partial charge < -0.3 is 10.3 Å². The van der Waals surface area contributed by atoms with Crippen molar-refractivity contribution in [2.75, 3.05) is 11.5 Å². The second kappa shape index (κ2) is 4.81. The van der Waals surface area contributed by atoms with Gasteiger partial charge in [0.15, 0.2) is 9.84 Å². The lowest BCUT2D eigenvalue weighted by Gasteiger charge is -2.08. The molecule has 0 radical (unpaired) electrons. The average molecular weight is 265 g/mol. The number of anilines is 1. The highest BCUT2D eigenvalue weighted by Crippen LogP contribution is 2.19. The van der Waals surface area contributed by atoms with Gasteiger partial charge in [-0.1, -0.05) is 12.1 Å². The molecule has 0 fully saturated rings. The molecule has 1 heterocycles. The van der Waals surface area contributed by atoms with Crippen LogP contribution >= 0.6 is 0 Å². The first-order chi connectivity index (χ1) is 8.50. The molecule has 2 rings (SSSR count). The van der Waals surface area contributed by atoms with Gasteiger partial charge in [0.1, 0.15) is 5.82 Å². The largest absolute Gasteiger partial charge is 0.398 e. The van der Waals surface area contributed by atoms with Gasteiger partial charge in [0.2, 0.25) is 0 Å². The first-order valence-electron chi connectivity index (χ1n) is 5.56. The standard InChI is InChI=1S/C12H15N3O2S/c1-10-14-6-7-15(10)8-9-18(16,17)12-5-3-2-4-11(12)13/h2-7H,8-9,13H2,1H3. The van der Waals surface area contributed by atoms with Crippen molar-refractivity contribution in [3.8, 4) is 0 Å². The summed E-state index contributed by atoms with van der Waals surface area (Å²) in [7, 11) is -3.36. The monoisotopic (exact) mass is 265 g/mol. The second-order valence-electron chi connectivity index (χ2n) is 4.02. The summed E-state index contributed by atoms with van der Waals surface area (Å²) in [5.41, 5.74) is 5.98. The van der Waals surface area contributed by atoms with E-state index in [1.807, 2.05) is 6.92 Å². The van der Waals surface area contributed by atoms with E-state index in [0.717, 1.165) is 5.82 Å². The van der Waals surface area contributed by atoms with E-state index < -0.39 is 9.84 Å². The van der Waals surface area contributed by atoms with E-state index in [1.54, 1.807) is 35.2 Å². The summed E-state index contributed by atoms with van der Waals surface area (Å²) in [6.45, 7) is 2.21. The third kappa shape index (κ3) is 2.53. The molecule has 0 atom stereocenters. The molecule has 0 aliphatic rings. The summed E-state index contributed by atoms with van der Waals surface area (Å²) in [5, 5.41) is 0. The predicted molar refractivity (Wildman–Crippen MR) is 69.9 cm³/mol. The van der Waals surface area contributed by atoms with Crippen molar-refractivity contribution in [3.63, 3.8) is 0 Å². The number of sulfone groups is 1. The number of nitrogens with two attached hydrogens (primary N) is 1. The molecule has 0 saturated heterocycles. The minimum absolute atomic E-state index is 0.0123. The molecule has 0 aliphatic carbocycles. The van der Waals surface area contributed by atoms with Crippen molar-refractivity contribution in [2.45, 2.75) is 18.4 Å². The minimum atomic E-state index is -3.36. The second-order valence-corrected chi connectivity index (χ2v) is 6.10. The highest BCUT2D eigenvalue weighted by molar-refractivity contribution is 7.91. The molecular formula is C12H15N3O2S. The van der Waals surface area contributed by atoms with Crippen LogP contribution in [0.25, 0.3) is 0 Å². The Hall–Kier alpha value is -1.82.